The fourth-order valence-corrected chi connectivity index (χ4v) is 2.34. The molecule has 0 spiro atoms. The van der Waals surface area contributed by atoms with Gasteiger partial charge >= 0.3 is 0 Å². The molecule has 0 aromatic heterocycles. The molecule has 1 fully saturated rings. The lowest BCUT2D eigenvalue weighted by Crippen LogP contribution is -2.34. The number of hydrogen-bond donors (Lipinski definition) is 1. The van der Waals surface area contributed by atoms with Crippen molar-refractivity contribution in [1.82, 2.24) is 0 Å². The highest BCUT2D eigenvalue weighted by Gasteiger charge is 2.39. The maximum atomic E-state index is 12.9. The molecule has 0 radical (unpaired) electrons. The van der Waals surface area contributed by atoms with Crippen LogP contribution in [-0.4, -0.2) is 17.9 Å². The Kier molecular flexibility index (Phi) is 3.39. The summed E-state index contributed by atoms with van der Waals surface area (Å²) < 4.78 is 12.9. The summed E-state index contributed by atoms with van der Waals surface area (Å²) in [6, 6.07) is 13.9. The summed E-state index contributed by atoms with van der Waals surface area (Å²) in [5.74, 6) is -0.887. The summed E-state index contributed by atoms with van der Waals surface area (Å²) in [6.07, 6.45) is 0.0884. The number of halogens is 1. The maximum absolute atomic E-state index is 12.9. The van der Waals surface area contributed by atoms with Gasteiger partial charge in [-0.1, -0.05) is 18.2 Å². The Labute approximate surface area is 121 Å². The fourth-order valence-electron chi connectivity index (χ4n) is 2.34. The lowest BCUT2D eigenvalue weighted by Gasteiger charge is -2.16. The van der Waals surface area contributed by atoms with Crippen LogP contribution in [0.15, 0.2) is 54.6 Å². The minimum Gasteiger partial charge on any atom is -0.373 e. The van der Waals surface area contributed by atoms with Crippen molar-refractivity contribution in [3.05, 3.63) is 60.4 Å². The highest BCUT2D eigenvalue weighted by atomic mass is 19.1. The molecule has 2 aromatic carbocycles. The summed E-state index contributed by atoms with van der Waals surface area (Å²) in [7, 11) is 0. The third kappa shape index (κ3) is 2.63. The molecule has 2 amide bonds. The predicted octanol–water partition coefficient (Wildman–Crippen LogP) is 2.57. The van der Waals surface area contributed by atoms with Crippen LogP contribution in [0.5, 0.6) is 0 Å². The molecule has 0 saturated carbocycles. The molecule has 2 aromatic rings. The van der Waals surface area contributed by atoms with Gasteiger partial charge in [0.25, 0.3) is 5.91 Å². The van der Waals surface area contributed by atoms with E-state index in [-0.39, 0.29) is 24.1 Å². The first-order valence-electron chi connectivity index (χ1n) is 6.59. The third-order valence-corrected chi connectivity index (χ3v) is 3.35. The number of amides is 2. The molecule has 0 bridgehead atoms. The first kappa shape index (κ1) is 13.3. The van der Waals surface area contributed by atoms with Crippen LogP contribution in [0.3, 0.4) is 0 Å². The van der Waals surface area contributed by atoms with Crippen molar-refractivity contribution in [2.45, 2.75) is 12.5 Å². The molecular formula is C16H13FN2O2. The Morgan fingerprint density at radius 1 is 1.00 bits per heavy atom. The highest BCUT2D eigenvalue weighted by Crippen LogP contribution is 2.24. The molecule has 21 heavy (non-hydrogen) atoms. The second-order valence-corrected chi connectivity index (χ2v) is 4.81. The topological polar surface area (TPSA) is 49.4 Å². The molecule has 106 valence electrons. The van der Waals surface area contributed by atoms with Crippen LogP contribution in [0.1, 0.15) is 6.42 Å². The van der Waals surface area contributed by atoms with E-state index in [2.05, 4.69) is 5.32 Å². The van der Waals surface area contributed by atoms with E-state index in [4.69, 9.17) is 0 Å². The average Bonchev–Trinajstić information content (AvgIpc) is 2.77. The number of nitrogens with one attached hydrogen (secondary N) is 1. The highest BCUT2D eigenvalue weighted by molar-refractivity contribution is 6.23. The molecule has 3 rings (SSSR count). The van der Waals surface area contributed by atoms with Crippen molar-refractivity contribution in [3.8, 4) is 0 Å². The number of para-hydroxylation sites is 1. The summed E-state index contributed by atoms with van der Waals surface area (Å²) in [4.78, 5) is 25.6. The normalized spacial score (nSPS) is 18.1. The summed E-state index contributed by atoms with van der Waals surface area (Å²) in [6.45, 7) is 0. The van der Waals surface area contributed by atoms with Crippen LogP contribution in [0.25, 0.3) is 0 Å². The first-order chi connectivity index (χ1) is 10.1. The van der Waals surface area contributed by atoms with E-state index >= 15 is 0 Å². The van der Waals surface area contributed by atoms with E-state index in [1.165, 1.54) is 29.2 Å². The predicted molar refractivity (Wildman–Crippen MR) is 77.4 cm³/mol. The van der Waals surface area contributed by atoms with Crippen molar-refractivity contribution in [2.75, 3.05) is 10.2 Å². The summed E-state index contributed by atoms with van der Waals surface area (Å²) >= 11 is 0. The lowest BCUT2D eigenvalue weighted by molar-refractivity contribution is -0.121. The van der Waals surface area contributed by atoms with Crippen LogP contribution in [-0.2, 0) is 9.59 Å². The van der Waals surface area contributed by atoms with Gasteiger partial charge < -0.3 is 5.32 Å². The van der Waals surface area contributed by atoms with E-state index in [0.29, 0.717) is 11.4 Å². The van der Waals surface area contributed by atoms with Crippen LogP contribution >= 0.6 is 0 Å². The van der Waals surface area contributed by atoms with Crippen molar-refractivity contribution in [1.29, 1.82) is 0 Å². The molecule has 1 saturated heterocycles. The summed E-state index contributed by atoms with van der Waals surface area (Å²) in [5.41, 5.74) is 1.17. The van der Waals surface area contributed by atoms with E-state index in [1.54, 1.807) is 24.3 Å². The van der Waals surface area contributed by atoms with Crippen LogP contribution in [0.2, 0.25) is 0 Å². The number of anilines is 2. The minimum absolute atomic E-state index is 0.0884. The average molecular weight is 284 g/mol. The van der Waals surface area contributed by atoms with Crippen molar-refractivity contribution < 1.29 is 14.0 Å². The third-order valence-electron chi connectivity index (χ3n) is 3.35. The quantitative estimate of drug-likeness (QED) is 0.881. The molecule has 1 aliphatic heterocycles. The van der Waals surface area contributed by atoms with Gasteiger partial charge in [0.15, 0.2) is 0 Å². The van der Waals surface area contributed by atoms with Crippen LogP contribution in [0.4, 0.5) is 15.8 Å². The standard InChI is InChI=1S/C16H13FN2O2/c17-11-6-8-12(9-7-11)18-14-10-15(20)19(16(14)21)13-4-2-1-3-5-13/h1-9,14,18H,10H2. The van der Waals surface area contributed by atoms with Gasteiger partial charge in [-0.15, -0.1) is 0 Å². The molecule has 1 atom stereocenters. The van der Waals surface area contributed by atoms with Gasteiger partial charge in [0.1, 0.15) is 11.9 Å². The number of hydrogen-bond acceptors (Lipinski definition) is 3. The number of carbonyl (C=O) groups excluding carboxylic acids is 2. The summed E-state index contributed by atoms with van der Waals surface area (Å²) in [5, 5.41) is 2.97. The van der Waals surface area contributed by atoms with E-state index in [1.807, 2.05) is 6.07 Å². The number of rotatable bonds is 3. The first-order valence-corrected chi connectivity index (χ1v) is 6.59. The molecule has 1 aliphatic rings. The van der Waals surface area contributed by atoms with Gasteiger partial charge in [-0.25, -0.2) is 9.29 Å². The SMILES string of the molecule is O=C1CC(Nc2ccc(F)cc2)C(=O)N1c1ccccc1. The number of nitrogens with zero attached hydrogens (tertiary/aromatic N) is 1. The Hall–Kier alpha value is -2.69. The van der Waals surface area contributed by atoms with E-state index < -0.39 is 6.04 Å². The Bertz CT molecular complexity index is 670. The van der Waals surface area contributed by atoms with Gasteiger partial charge in [-0.3, -0.25) is 9.59 Å². The number of carbonyl (C=O) groups is 2. The molecule has 1 N–H and O–H groups in total. The zero-order valence-corrected chi connectivity index (χ0v) is 11.1. The number of imide groups is 1. The fraction of sp³-hybridized carbons (Fsp3) is 0.125. The zero-order chi connectivity index (χ0) is 14.8. The Morgan fingerprint density at radius 2 is 1.67 bits per heavy atom. The largest absolute Gasteiger partial charge is 0.373 e. The minimum atomic E-state index is -0.622. The van der Waals surface area contributed by atoms with Crippen molar-refractivity contribution in [3.63, 3.8) is 0 Å². The Balaban J connectivity index is 1.79. The van der Waals surface area contributed by atoms with Gasteiger partial charge in [0.05, 0.1) is 12.1 Å². The second-order valence-electron chi connectivity index (χ2n) is 4.81. The Morgan fingerprint density at radius 3 is 2.33 bits per heavy atom. The lowest BCUT2D eigenvalue weighted by atomic mass is 10.2. The van der Waals surface area contributed by atoms with Crippen LogP contribution < -0.4 is 10.2 Å². The van der Waals surface area contributed by atoms with E-state index in [9.17, 15) is 14.0 Å². The molecule has 4 nitrogen and oxygen atoms in total. The maximum Gasteiger partial charge on any atom is 0.256 e. The van der Waals surface area contributed by atoms with Crippen LogP contribution in [0, 0.1) is 5.82 Å². The molecule has 0 aliphatic carbocycles. The van der Waals surface area contributed by atoms with Crippen molar-refractivity contribution in [2.24, 2.45) is 0 Å². The monoisotopic (exact) mass is 284 g/mol. The number of benzene rings is 2. The molecule has 1 unspecified atom stereocenters. The second kappa shape index (κ2) is 5.36. The van der Waals surface area contributed by atoms with Gasteiger partial charge in [-0.2, -0.15) is 0 Å². The molecule has 5 heteroatoms. The van der Waals surface area contributed by atoms with Gasteiger partial charge in [0.2, 0.25) is 5.91 Å². The van der Waals surface area contributed by atoms with Crippen molar-refractivity contribution >= 4 is 23.2 Å². The van der Waals surface area contributed by atoms with E-state index in [0.717, 1.165) is 0 Å². The smallest absolute Gasteiger partial charge is 0.256 e. The zero-order valence-electron chi connectivity index (χ0n) is 11.1. The van der Waals surface area contributed by atoms with Gasteiger partial charge in [0, 0.05) is 5.69 Å². The van der Waals surface area contributed by atoms with Gasteiger partial charge in [-0.05, 0) is 36.4 Å². The molecular weight excluding hydrogens is 271 g/mol. The molecule has 1 heterocycles.